The Morgan fingerprint density at radius 1 is 1.09 bits per heavy atom. The Labute approximate surface area is 66.8 Å². The van der Waals surface area contributed by atoms with E-state index in [-0.39, 0.29) is 0 Å². The summed E-state index contributed by atoms with van der Waals surface area (Å²) in [6.07, 6.45) is 13.8. The molecule has 1 aliphatic heterocycles. The van der Waals surface area contributed by atoms with E-state index >= 15 is 0 Å². The van der Waals surface area contributed by atoms with Crippen LogP contribution in [0, 0.1) is 0 Å². The zero-order valence-corrected chi connectivity index (χ0v) is 6.46. The predicted molar refractivity (Wildman–Crippen MR) is 47.6 cm³/mol. The molecule has 0 radical (unpaired) electrons. The van der Waals surface area contributed by atoms with E-state index in [2.05, 4.69) is 17.1 Å². The molecule has 1 fully saturated rings. The first-order valence-electron chi connectivity index (χ1n) is 4.06. The predicted octanol–water partition coefficient (Wildman–Crippen LogP) is 2.62. The van der Waals surface area contributed by atoms with Gasteiger partial charge >= 0.3 is 0 Å². The van der Waals surface area contributed by atoms with E-state index in [1.165, 1.54) is 24.1 Å². The minimum absolute atomic E-state index is 1.16. The minimum atomic E-state index is 1.16. The Morgan fingerprint density at radius 2 is 2.09 bits per heavy atom. The molecule has 56 valence electrons. The normalized spacial score (nSPS) is 21.8. The van der Waals surface area contributed by atoms with Crippen molar-refractivity contribution in [3.63, 3.8) is 0 Å². The van der Waals surface area contributed by atoms with Gasteiger partial charge in [-0.15, -0.1) is 0 Å². The van der Waals surface area contributed by atoms with E-state index in [9.17, 15) is 0 Å². The van der Waals surface area contributed by atoms with Gasteiger partial charge in [-0.1, -0.05) is 18.2 Å². The first kappa shape index (κ1) is 6.59. The van der Waals surface area contributed by atoms with Crippen molar-refractivity contribution < 1.29 is 0 Å². The standard InChI is InChI=1S/C10H11N/c1-2-5-9-6-4-7-10(9)11-8-3-1/h1-3,5,8H,4,6-7H2. The molecule has 1 heteroatoms. The molecule has 1 heterocycles. The molecule has 0 aromatic carbocycles. The summed E-state index contributed by atoms with van der Waals surface area (Å²) in [5.41, 5.74) is 2.70. The van der Waals surface area contributed by atoms with Crippen molar-refractivity contribution >= 4 is 5.71 Å². The molecule has 0 saturated heterocycles. The quantitative estimate of drug-likeness (QED) is 0.497. The van der Waals surface area contributed by atoms with Crippen LogP contribution in [-0.4, -0.2) is 5.71 Å². The van der Waals surface area contributed by atoms with E-state index in [0.717, 1.165) is 6.42 Å². The molecule has 2 aliphatic rings. The smallest absolute Gasteiger partial charge is 0.0435 e. The van der Waals surface area contributed by atoms with Crippen LogP contribution in [0.1, 0.15) is 19.3 Å². The third-order valence-electron chi connectivity index (χ3n) is 2.07. The van der Waals surface area contributed by atoms with Crippen LogP contribution in [0.5, 0.6) is 0 Å². The van der Waals surface area contributed by atoms with Crippen LogP contribution in [0.4, 0.5) is 0 Å². The molecular weight excluding hydrogens is 134 g/mol. The van der Waals surface area contributed by atoms with Crippen molar-refractivity contribution in [2.45, 2.75) is 19.3 Å². The van der Waals surface area contributed by atoms with Crippen molar-refractivity contribution in [1.82, 2.24) is 0 Å². The second-order valence-electron chi connectivity index (χ2n) is 2.85. The molecule has 11 heavy (non-hydrogen) atoms. The highest BCUT2D eigenvalue weighted by Gasteiger charge is 2.13. The second kappa shape index (κ2) is 2.87. The van der Waals surface area contributed by atoms with Crippen LogP contribution in [0.3, 0.4) is 0 Å². The van der Waals surface area contributed by atoms with Gasteiger partial charge in [-0.2, -0.15) is 0 Å². The van der Waals surface area contributed by atoms with Crippen molar-refractivity contribution in [1.29, 1.82) is 0 Å². The van der Waals surface area contributed by atoms with E-state index in [0.29, 0.717) is 0 Å². The maximum atomic E-state index is 4.36. The fraction of sp³-hybridized carbons (Fsp3) is 0.300. The highest BCUT2D eigenvalue weighted by atomic mass is 14.7. The summed E-state index contributed by atoms with van der Waals surface area (Å²) >= 11 is 0. The number of aliphatic imine (C=N–C) groups is 1. The summed E-state index contributed by atoms with van der Waals surface area (Å²) in [6, 6.07) is 0. The Kier molecular flexibility index (Phi) is 1.72. The summed E-state index contributed by atoms with van der Waals surface area (Å²) in [5, 5.41) is 0. The molecule has 0 amide bonds. The van der Waals surface area contributed by atoms with Crippen LogP contribution >= 0.6 is 0 Å². The van der Waals surface area contributed by atoms with Crippen molar-refractivity contribution in [3.8, 4) is 0 Å². The fourth-order valence-corrected chi connectivity index (χ4v) is 1.50. The van der Waals surface area contributed by atoms with Gasteiger partial charge in [-0.25, -0.2) is 0 Å². The molecule has 1 saturated carbocycles. The number of fused-ring (bicyclic) bond motifs is 1. The fourth-order valence-electron chi connectivity index (χ4n) is 1.50. The van der Waals surface area contributed by atoms with Crippen molar-refractivity contribution in [2.24, 2.45) is 4.99 Å². The summed E-state index contributed by atoms with van der Waals surface area (Å²) in [6.45, 7) is 0. The van der Waals surface area contributed by atoms with Gasteiger partial charge in [0.1, 0.15) is 0 Å². The number of allylic oxidation sites excluding steroid dienone is 5. The van der Waals surface area contributed by atoms with Crippen LogP contribution in [-0.2, 0) is 0 Å². The second-order valence-corrected chi connectivity index (χ2v) is 2.85. The van der Waals surface area contributed by atoms with Gasteiger partial charge in [-0.05, 0) is 30.9 Å². The van der Waals surface area contributed by atoms with Gasteiger partial charge in [0.2, 0.25) is 0 Å². The maximum absolute atomic E-state index is 4.36. The monoisotopic (exact) mass is 145 g/mol. The lowest BCUT2D eigenvalue weighted by Crippen LogP contribution is -1.92. The largest absolute Gasteiger partial charge is 0.261 e. The molecule has 1 aliphatic carbocycles. The SMILES string of the molecule is C1=CC=C2CCCC2=NC=C1. The molecule has 0 unspecified atom stereocenters. The highest BCUT2D eigenvalue weighted by molar-refractivity contribution is 6.02. The minimum Gasteiger partial charge on any atom is -0.261 e. The molecule has 2 rings (SSSR count). The molecule has 0 aromatic heterocycles. The summed E-state index contributed by atoms with van der Waals surface area (Å²) in [7, 11) is 0. The molecule has 1 nitrogen and oxygen atoms in total. The highest BCUT2D eigenvalue weighted by Crippen LogP contribution is 2.22. The lowest BCUT2D eigenvalue weighted by molar-refractivity contribution is 0.946. The molecule has 0 spiro atoms. The van der Waals surface area contributed by atoms with Gasteiger partial charge in [0.15, 0.2) is 0 Å². The van der Waals surface area contributed by atoms with Gasteiger partial charge in [0.25, 0.3) is 0 Å². The maximum Gasteiger partial charge on any atom is 0.0435 e. The van der Waals surface area contributed by atoms with Gasteiger partial charge in [-0.3, -0.25) is 4.99 Å². The van der Waals surface area contributed by atoms with Gasteiger partial charge in [0, 0.05) is 11.9 Å². The topological polar surface area (TPSA) is 12.4 Å². The summed E-state index contributed by atoms with van der Waals surface area (Å²) in [4.78, 5) is 4.36. The lowest BCUT2D eigenvalue weighted by atomic mass is 10.2. The Morgan fingerprint density at radius 3 is 3.09 bits per heavy atom. The van der Waals surface area contributed by atoms with E-state index < -0.39 is 0 Å². The van der Waals surface area contributed by atoms with E-state index in [4.69, 9.17) is 0 Å². The van der Waals surface area contributed by atoms with Crippen LogP contribution in [0.2, 0.25) is 0 Å². The third-order valence-corrected chi connectivity index (χ3v) is 2.07. The first-order chi connectivity index (χ1) is 5.47. The molecule has 0 atom stereocenters. The average molecular weight is 145 g/mol. The van der Waals surface area contributed by atoms with Gasteiger partial charge < -0.3 is 0 Å². The van der Waals surface area contributed by atoms with Crippen molar-refractivity contribution in [2.75, 3.05) is 0 Å². The van der Waals surface area contributed by atoms with Gasteiger partial charge in [0.05, 0.1) is 0 Å². The van der Waals surface area contributed by atoms with E-state index in [1.54, 1.807) is 0 Å². The van der Waals surface area contributed by atoms with Crippen LogP contribution in [0.25, 0.3) is 0 Å². The molecule has 0 N–H and O–H groups in total. The third kappa shape index (κ3) is 1.32. The average Bonchev–Trinajstić information content (AvgIpc) is 2.35. The lowest BCUT2D eigenvalue weighted by Gasteiger charge is -1.96. The molecule has 0 bridgehead atoms. The van der Waals surface area contributed by atoms with Crippen LogP contribution in [0.15, 0.2) is 41.1 Å². The Balaban J connectivity index is 2.35. The number of rotatable bonds is 0. The number of hydrogen-bond acceptors (Lipinski definition) is 1. The first-order valence-corrected chi connectivity index (χ1v) is 4.06. The zero-order valence-electron chi connectivity index (χ0n) is 6.46. The molecular formula is C10H11N. The van der Waals surface area contributed by atoms with Crippen molar-refractivity contribution in [3.05, 3.63) is 36.1 Å². The molecule has 0 aromatic rings. The summed E-state index contributed by atoms with van der Waals surface area (Å²) in [5.74, 6) is 0. The summed E-state index contributed by atoms with van der Waals surface area (Å²) < 4.78 is 0. The Hall–Kier alpha value is -1.11. The Bertz CT molecular complexity index is 239. The number of nitrogens with zero attached hydrogens (tertiary/aromatic N) is 1. The number of hydrogen-bond donors (Lipinski definition) is 0. The zero-order chi connectivity index (χ0) is 7.52. The van der Waals surface area contributed by atoms with E-state index in [1.807, 2.05) is 18.4 Å². The van der Waals surface area contributed by atoms with Crippen LogP contribution < -0.4 is 0 Å².